The lowest BCUT2D eigenvalue weighted by atomic mass is 9.97. The van der Waals surface area contributed by atoms with E-state index < -0.39 is 0 Å². The summed E-state index contributed by atoms with van der Waals surface area (Å²) >= 11 is 0. The molecule has 0 saturated heterocycles. The van der Waals surface area contributed by atoms with E-state index in [4.69, 9.17) is 16.0 Å². The van der Waals surface area contributed by atoms with E-state index in [0.29, 0.717) is 23.5 Å². The Morgan fingerprint density at radius 2 is 2.00 bits per heavy atom. The fourth-order valence-electron chi connectivity index (χ4n) is 2.29. The van der Waals surface area contributed by atoms with Crippen molar-refractivity contribution < 1.29 is 4.84 Å². The number of pyridine rings is 1. The van der Waals surface area contributed by atoms with Crippen LogP contribution >= 0.6 is 0 Å². The second-order valence-electron chi connectivity index (χ2n) is 4.75. The molecule has 0 amide bonds. The van der Waals surface area contributed by atoms with Crippen LogP contribution in [-0.4, -0.2) is 29.4 Å². The number of hydrogen-bond donors (Lipinski definition) is 2. The molecule has 5 nitrogen and oxygen atoms in total. The van der Waals surface area contributed by atoms with Crippen LogP contribution in [0.1, 0.15) is 5.56 Å². The van der Waals surface area contributed by atoms with Crippen molar-refractivity contribution in [2.45, 2.75) is 0 Å². The Kier molecular flexibility index (Phi) is 3.41. The average Bonchev–Trinajstić information content (AvgIpc) is 2.48. The minimum atomic E-state index is 0.372. The van der Waals surface area contributed by atoms with Crippen LogP contribution in [-0.2, 0) is 4.84 Å². The first kappa shape index (κ1) is 13.3. The van der Waals surface area contributed by atoms with Gasteiger partial charge >= 0.3 is 0 Å². The van der Waals surface area contributed by atoms with Gasteiger partial charge in [0.25, 0.3) is 0 Å². The SMILES string of the molecule is CON1CC=C1C(=N)c1cc(-c2ccncc2)ccc1N. The predicted octanol–water partition coefficient (Wildman–Crippen LogP) is 2.46. The maximum absolute atomic E-state index is 8.34. The number of hydroxylamine groups is 2. The molecular weight excluding hydrogens is 264 g/mol. The van der Waals surface area contributed by atoms with Crippen LogP contribution in [0.2, 0.25) is 0 Å². The molecule has 0 bridgehead atoms. The monoisotopic (exact) mass is 280 g/mol. The molecule has 2 aromatic rings. The normalized spacial score (nSPS) is 13.6. The number of benzene rings is 1. The molecule has 1 aliphatic rings. The second-order valence-corrected chi connectivity index (χ2v) is 4.75. The number of nitrogen functional groups attached to an aromatic ring is 1. The van der Waals surface area contributed by atoms with E-state index in [-0.39, 0.29) is 0 Å². The molecule has 5 heteroatoms. The van der Waals surface area contributed by atoms with E-state index in [2.05, 4.69) is 4.98 Å². The predicted molar refractivity (Wildman–Crippen MR) is 82.7 cm³/mol. The van der Waals surface area contributed by atoms with Crippen LogP contribution in [0.4, 0.5) is 5.69 Å². The summed E-state index contributed by atoms with van der Waals surface area (Å²) in [5.74, 6) is 0. The van der Waals surface area contributed by atoms with Gasteiger partial charge < -0.3 is 5.73 Å². The molecule has 1 aliphatic heterocycles. The number of aromatic nitrogens is 1. The molecule has 3 rings (SSSR count). The van der Waals surface area contributed by atoms with E-state index >= 15 is 0 Å². The lowest BCUT2D eigenvalue weighted by Crippen LogP contribution is -2.35. The summed E-state index contributed by atoms with van der Waals surface area (Å²) in [6.45, 7) is 0.693. The maximum Gasteiger partial charge on any atom is 0.0887 e. The lowest BCUT2D eigenvalue weighted by molar-refractivity contribution is -0.101. The summed E-state index contributed by atoms with van der Waals surface area (Å²) in [5, 5.41) is 10.0. The third-order valence-electron chi connectivity index (χ3n) is 3.53. The van der Waals surface area contributed by atoms with Crippen molar-refractivity contribution in [1.29, 1.82) is 5.41 Å². The molecule has 1 aromatic heterocycles. The van der Waals surface area contributed by atoms with Gasteiger partial charge in [-0.2, -0.15) is 0 Å². The molecular formula is C16H16N4O. The Labute approximate surface area is 123 Å². The molecule has 106 valence electrons. The van der Waals surface area contributed by atoms with Crippen LogP contribution < -0.4 is 5.73 Å². The van der Waals surface area contributed by atoms with E-state index in [1.807, 2.05) is 36.4 Å². The van der Waals surface area contributed by atoms with E-state index in [1.165, 1.54) is 0 Å². The number of anilines is 1. The second kappa shape index (κ2) is 5.38. The summed E-state index contributed by atoms with van der Waals surface area (Å²) in [7, 11) is 1.59. The van der Waals surface area contributed by atoms with Crippen molar-refractivity contribution in [3.05, 3.63) is 60.1 Å². The van der Waals surface area contributed by atoms with Crippen molar-refractivity contribution in [3.8, 4) is 11.1 Å². The first-order chi connectivity index (χ1) is 10.2. The van der Waals surface area contributed by atoms with Crippen molar-refractivity contribution in [1.82, 2.24) is 10.0 Å². The van der Waals surface area contributed by atoms with Gasteiger partial charge in [0.2, 0.25) is 0 Å². The fraction of sp³-hybridized carbons (Fsp3) is 0.125. The summed E-state index contributed by atoms with van der Waals surface area (Å²) in [6, 6.07) is 9.58. The summed E-state index contributed by atoms with van der Waals surface area (Å²) in [5.41, 5.74) is 10.5. The average molecular weight is 280 g/mol. The van der Waals surface area contributed by atoms with Gasteiger partial charge in [-0.3, -0.25) is 15.2 Å². The zero-order chi connectivity index (χ0) is 14.8. The fourth-order valence-corrected chi connectivity index (χ4v) is 2.29. The molecule has 1 aromatic carbocycles. The van der Waals surface area contributed by atoms with Crippen molar-refractivity contribution in [2.75, 3.05) is 19.4 Å². The third kappa shape index (κ3) is 2.39. The molecule has 2 heterocycles. The van der Waals surface area contributed by atoms with Crippen LogP contribution in [0, 0.1) is 5.41 Å². The topological polar surface area (TPSA) is 75.2 Å². The Balaban J connectivity index is 1.98. The number of nitrogens with zero attached hydrogens (tertiary/aromatic N) is 2. The van der Waals surface area contributed by atoms with Gasteiger partial charge in [0, 0.05) is 23.6 Å². The van der Waals surface area contributed by atoms with Gasteiger partial charge in [-0.1, -0.05) is 6.07 Å². The first-order valence-corrected chi connectivity index (χ1v) is 6.61. The lowest BCUT2D eigenvalue weighted by Gasteiger charge is -2.31. The Hall–Kier alpha value is -2.66. The minimum Gasteiger partial charge on any atom is -0.398 e. The van der Waals surface area contributed by atoms with Gasteiger partial charge in [0.1, 0.15) is 0 Å². The Morgan fingerprint density at radius 3 is 2.62 bits per heavy atom. The molecule has 21 heavy (non-hydrogen) atoms. The highest BCUT2D eigenvalue weighted by molar-refractivity contribution is 6.14. The molecule has 0 saturated carbocycles. The third-order valence-corrected chi connectivity index (χ3v) is 3.53. The van der Waals surface area contributed by atoms with Crippen molar-refractivity contribution >= 4 is 11.4 Å². The molecule has 0 spiro atoms. The summed E-state index contributed by atoms with van der Waals surface area (Å²) in [6.07, 6.45) is 5.44. The highest BCUT2D eigenvalue weighted by atomic mass is 16.7. The van der Waals surface area contributed by atoms with Crippen molar-refractivity contribution in [2.24, 2.45) is 0 Å². The summed E-state index contributed by atoms with van der Waals surface area (Å²) in [4.78, 5) is 9.19. The van der Waals surface area contributed by atoms with Crippen LogP contribution in [0.3, 0.4) is 0 Å². The number of hydrogen-bond acceptors (Lipinski definition) is 5. The molecule has 3 N–H and O–H groups in total. The quantitative estimate of drug-likeness (QED) is 0.666. The van der Waals surface area contributed by atoms with Gasteiger partial charge in [0.15, 0.2) is 0 Å². The largest absolute Gasteiger partial charge is 0.398 e. The smallest absolute Gasteiger partial charge is 0.0887 e. The molecule has 0 radical (unpaired) electrons. The minimum absolute atomic E-state index is 0.372. The van der Waals surface area contributed by atoms with E-state index in [9.17, 15) is 0 Å². The standard InChI is InChI=1S/C16H16N4O/c1-21-20-9-6-15(20)16(18)13-10-12(2-3-14(13)17)11-4-7-19-8-5-11/h2-8,10,18H,9,17H2,1H3. The van der Waals surface area contributed by atoms with Gasteiger partial charge in [-0.05, 0) is 41.5 Å². The van der Waals surface area contributed by atoms with E-state index in [1.54, 1.807) is 24.6 Å². The number of allylic oxidation sites excluding steroid dienone is 1. The maximum atomic E-state index is 8.34. The molecule has 0 fully saturated rings. The van der Waals surface area contributed by atoms with Crippen LogP contribution in [0.5, 0.6) is 0 Å². The van der Waals surface area contributed by atoms with Crippen molar-refractivity contribution in [3.63, 3.8) is 0 Å². The molecule has 0 aliphatic carbocycles. The van der Waals surface area contributed by atoms with Gasteiger partial charge in [-0.25, -0.2) is 5.06 Å². The Morgan fingerprint density at radius 1 is 1.24 bits per heavy atom. The van der Waals surface area contributed by atoms with Crippen LogP contribution in [0.25, 0.3) is 11.1 Å². The zero-order valence-corrected chi connectivity index (χ0v) is 11.7. The van der Waals surface area contributed by atoms with Crippen LogP contribution in [0.15, 0.2) is 54.5 Å². The van der Waals surface area contributed by atoms with Gasteiger partial charge in [0.05, 0.1) is 25.1 Å². The number of rotatable bonds is 4. The summed E-state index contributed by atoms with van der Waals surface area (Å²) < 4.78 is 0. The highest BCUT2D eigenvalue weighted by Crippen LogP contribution is 2.27. The van der Waals surface area contributed by atoms with E-state index in [0.717, 1.165) is 16.8 Å². The number of nitrogens with two attached hydrogens (primary N) is 1. The zero-order valence-electron chi connectivity index (χ0n) is 11.7. The molecule has 0 unspecified atom stereocenters. The Bertz CT molecular complexity index is 709. The van der Waals surface area contributed by atoms with Gasteiger partial charge in [-0.15, -0.1) is 0 Å². The molecule has 0 atom stereocenters. The first-order valence-electron chi connectivity index (χ1n) is 6.61. The number of nitrogens with one attached hydrogen (secondary N) is 1. The highest BCUT2D eigenvalue weighted by Gasteiger charge is 2.23.